The summed E-state index contributed by atoms with van der Waals surface area (Å²) in [5.74, 6) is -2.29. The Hall–Kier alpha value is -4.52. The van der Waals surface area contributed by atoms with Gasteiger partial charge < -0.3 is 15.7 Å². The molecule has 0 aliphatic heterocycles. The molecule has 1 aliphatic carbocycles. The summed E-state index contributed by atoms with van der Waals surface area (Å²) in [6, 6.07) is 4.19. The van der Waals surface area contributed by atoms with Crippen molar-refractivity contribution in [3.05, 3.63) is 70.2 Å². The summed E-state index contributed by atoms with van der Waals surface area (Å²) in [6.07, 6.45) is 4.26. The molecule has 11 nitrogen and oxygen atoms in total. The zero-order valence-corrected chi connectivity index (χ0v) is 27.1. The first-order valence-electron chi connectivity index (χ1n) is 14.3. The zero-order valence-electron chi connectivity index (χ0n) is 25.5. The second-order valence-electron chi connectivity index (χ2n) is 12.1. The van der Waals surface area contributed by atoms with Gasteiger partial charge in [-0.15, -0.1) is 0 Å². The summed E-state index contributed by atoms with van der Waals surface area (Å²) in [5, 5.41) is 20.3. The first-order chi connectivity index (χ1) is 21.2. The lowest BCUT2D eigenvalue weighted by atomic mass is 9.96. The van der Waals surface area contributed by atoms with Gasteiger partial charge in [0.25, 0.3) is 0 Å². The Bertz CT molecular complexity index is 1870. The van der Waals surface area contributed by atoms with Crippen molar-refractivity contribution in [3.8, 4) is 11.1 Å². The van der Waals surface area contributed by atoms with E-state index in [0.717, 1.165) is 28.5 Å². The van der Waals surface area contributed by atoms with Crippen LogP contribution in [0.4, 0.5) is 10.2 Å². The maximum absolute atomic E-state index is 13.9. The number of rotatable bonds is 10. The number of pyridine rings is 1. The van der Waals surface area contributed by atoms with Crippen LogP contribution in [0.3, 0.4) is 0 Å². The third kappa shape index (κ3) is 6.63. The Morgan fingerprint density at radius 2 is 1.84 bits per heavy atom. The summed E-state index contributed by atoms with van der Waals surface area (Å²) in [4.78, 5) is 50.2. The topological polar surface area (TPSA) is 152 Å². The summed E-state index contributed by atoms with van der Waals surface area (Å²) >= 11 is 3.06. The number of carboxylic acid groups (broad SMARTS) is 1. The number of benzene rings is 1. The molecule has 3 atom stereocenters. The fraction of sp³-hybridized carbons (Fsp3) is 0.344. The van der Waals surface area contributed by atoms with Gasteiger partial charge in [0.2, 0.25) is 17.6 Å². The number of halogens is 2. The van der Waals surface area contributed by atoms with E-state index in [1.807, 2.05) is 26.0 Å². The molecule has 45 heavy (non-hydrogen) atoms. The molecule has 0 radical (unpaired) electrons. The average molecular weight is 679 g/mol. The summed E-state index contributed by atoms with van der Waals surface area (Å²) in [5.41, 5.74) is 4.55. The maximum Gasteiger partial charge on any atom is 0.373 e. The highest BCUT2D eigenvalue weighted by molar-refractivity contribution is 9.10. The lowest BCUT2D eigenvalue weighted by Crippen LogP contribution is -2.46. The minimum absolute atomic E-state index is 0.0195. The standard InChI is InChI=1S/C32H33BrFN7O4/c1-15(2)25-21-9-19(20-12-35-29(31(44)45)36-13-20)7-16(3)26(21)41(40-25)14-24(42)37-23(11-32(6)10-18(32)5)30(43)39-28-17(4)8-22(34)27(33)38-28/h7-9,12-13,18,23H,1,10-11,14H2,2-6H3,(H,37,42)(H,44,45)(H,38,39,43)/t18-,23+,32-/m1/s1. The number of nitrogens with zero attached hydrogens (tertiary/aromatic N) is 5. The van der Waals surface area contributed by atoms with Gasteiger partial charge >= 0.3 is 5.97 Å². The lowest BCUT2D eigenvalue weighted by molar-refractivity contribution is -0.127. The molecule has 1 fully saturated rings. The number of carbonyl (C=O) groups excluding carboxylic acids is 2. The van der Waals surface area contributed by atoms with Gasteiger partial charge in [-0.2, -0.15) is 5.10 Å². The highest BCUT2D eigenvalue weighted by Gasteiger charge is 2.49. The van der Waals surface area contributed by atoms with Crippen molar-refractivity contribution in [1.29, 1.82) is 0 Å². The molecule has 234 valence electrons. The third-order valence-corrected chi connectivity index (χ3v) is 8.95. The Morgan fingerprint density at radius 1 is 1.18 bits per heavy atom. The van der Waals surface area contributed by atoms with Crippen molar-refractivity contribution in [2.24, 2.45) is 11.3 Å². The summed E-state index contributed by atoms with van der Waals surface area (Å²) < 4.78 is 15.5. The largest absolute Gasteiger partial charge is 0.475 e. The van der Waals surface area contributed by atoms with E-state index in [1.165, 1.54) is 18.5 Å². The smallest absolute Gasteiger partial charge is 0.373 e. The number of carboxylic acids is 1. The van der Waals surface area contributed by atoms with Gasteiger partial charge in [0.1, 0.15) is 23.0 Å². The van der Waals surface area contributed by atoms with Gasteiger partial charge in [0.15, 0.2) is 5.82 Å². The van der Waals surface area contributed by atoms with E-state index in [4.69, 9.17) is 10.2 Å². The van der Waals surface area contributed by atoms with Gasteiger partial charge in [0.05, 0.1) is 11.2 Å². The zero-order chi connectivity index (χ0) is 32.8. The number of aromatic nitrogens is 5. The first kappa shape index (κ1) is 31.9. The highest BCUT2D eigenvalue weighted by Crippen LogP contribution is 2.55. The predicted molar refractivity (Wildman–Crippen MR) is 171 cm³/mol. The second-order valence-corrected chi connectivity index (χ2v) is 12.8. The van der Waals surface area contributed by atoms with E-state index < -0.39 is 29.6 Å². The highest BCUT2D eigenvalue weighted by atomic mass is 79.9. The first-order valence-corrected chi connectivity index (χ1v) is 15.1. The van der Waals surface area contributed by atoms with Crippen molar-refractivity contribution in [2.45, 2.75) is 60.0 Å². The molecule has 0 saturated heterocycles. The van der Waals surface area contributed by atoms with Crippen LogP contribution in [-0.2, 0) is 16.1 Å². The SMILES string of the molecule is C=C(C)c1nn(CC(=O)N[C@@H](C[C@@]2(C)C[C@H]2C)C(=O)Nc2nc(Br)c(F)cc2C)c2c(C)cc(-c3cnc(C(=O)O)nc3)cc12. The fourth-order valence-electron chi connectivity index (χ4n) is 5.58. The normalized spacial score (nSPS) is 18.0. The number of carbonyl (C=O) groups is 3. The maximum atomic E-state index is 13.9. The number of nitrogens with one attached hydrogen (secondary N) is 2. The van der Waals surface area contributed by atoms with Crippen LogP contribution >= 0.6 is 15.9 Å². The number of aryl methyl sites for hydroxylation is 2. The molecule has 1 aromatic carbocycles. The average Bonchev–Trinajstić information content (AvgIpc) is 3.38. The van der Waals surface area contributed by atoms with Gasteiger partial charge in [0, 0.05) is 23.3 Å². The molecule has 0 spiro atoms. The fourth-order valence-corrected chi connectivity index (χ4v) is 5.87. The van der Waals surface area contributed by atoms with E-state index in [2.05, 4.69) is 61.9 Å². The van der Waals surface area contributed by atoms with Crippen LogP contribution in [0, 0.1) is 31.0 Å². The van der Waals surface area contributed by atoms with Crippen LogP contribution in [0.25, 0.3) is 27.6 Å². The van der Waals surface area contributed by atoms with Gasteiger partial charge in [-0.05, 0) is 101 Å². The van der Waals surface area contributed by atoms with Gasteiger partial charge in [-0.25, -0.2) is 24.1 Å². The second kappa shape index (κ2) is 12.1. The number of anilines is 1. The Balaban J connectivity index is 1.42. The number of allylic oxidation sites excluding steroid dienone is 1. The van der Waals surface area contributed by atoms with Gasteiger partial charge in [-0.1, -0.05) is 20.4 Å². The molecule has 2 amide bonds. The van der Waals surface area contributed by atoms with Crippen LogP contribution < -0.4 is 10.6 Å². The summed E-state index contributed by atoms with van der Waals surface area (Å²) in [7, 11) is 0. The molecule has 3 N–H and O–H groups in total. The van der Waals surface area contributed by atoms with E-state index in [0.29, 0.717) is 34.7 Å². The number of fused-ring (bicyclic) bond motifs is 1. The van der Waals surface area contributed by atoms with Crippen molar-refractivity contribution >= 4 is 56.0 Å². The van der Waals surface area contributed by atoms with Gasteiger partial charge in [-0.3, -0.25) is 14.3 Å². The quantitative estimate of drug-likeness (QED) is 0.181. The molecule has 0 unspecified atom stereocenters. The molecular formula is C32H33BrFN7O4. The number of aromatic carboxylic acids is 1. The predicted octanol–water partition coefficient (Wildman–Crippen LogP) is 5.70. The molecule has 1 saturated carbocycles. The monoisotopic (exact) mass is 677 g/mol. The molecule has 4 aromatic rings. The van der Waals surface area contributed by atoms with Crippen molar-refractivity contribution in [2.75, 3.05) is 5.32 Å². The van der Waals surface area contributed by atoms with Crippen LogP contribution in [0.5, 0.6) is 0 Å². The molecular weight excluding hydrogens is 645 g/mol. The third-order valence-electron chi connectivity index (χ3n) is 8.40. The van der Waals surface area contributed by atoms with Crippen molar-refractivity contribution < 1.29 is 23.9 Å². The van der Waals surface area contributed by atoms with Crippen LogP contribution in [0.2, 0.25) is 0 Å². The molecule has 3 aromatic heterocycles. The summed E-state index contributed by atoms with van der Waals surface area (Å²) in [6.45, 7) is 13.5. The van der Waals surface area contributed by atoms with E-state index in [1.54, 1.807) is 11.6 Å². The van der Waals surface area contributed by atoms with E-state index >= 15 is 0 Å². The molecule has 5 rings (SSSR count). The number of hydrogen-bond donors (Lipinski definition) is 3. The Labute approximate surface area is 267 Å². The molecule has 1 aliphatic rings. The van der Waals surface area contributed by atoms with E-state index in [9.17, 15) is 18.8 Å². The van der Waals surface area contributed by atoms with Crippen LogP contribution in [-0.4, -0.2) is 53.7 Å². The van der Waals surface area contributed by atoms with Crippen LogP contribution in [0.1, 0.15) is 61.1 Å². The van der Waals surface area contributed by atoms with Crippen molar-refractivity contribution in [3.63, 3.8) is 0 Å². The molecule has 13 heteroatoms. The minimum Gasteiger partial charge on any atom is -0.475 e. The lowest BCUT2D eigenvalue weighted by Gasteiger charge is -2.22. The Kier molecular flexibility index (Phi) is 8.58. The molecule has 3 heterocycles. The van der Waals surface area contributed by atoms with Crippen LogP contribution in [0.15, 0.2) is 41.8 Å². The minimum atomic E-state index is -1.21. The number of hydrogen-bond acceptors (Lipinski definition) is 7. The van der Waals surface area contributed by atoms with E-state index in [-0.39, 0.29) is 28.2 Å². The molecule has 0 bridgehead atoms. The Morgan fingerprint density at radius 3 is 2.44 bits per heavy atom. The number of amides is 2. The van der Waals surface area contributed by atoms with Crippen molar-refractivity contribution in [1.82, 2.24) is 30.0 Å².